The molecule has 5 heteroatoms. The number of nitriles is 1. The Bertz CT molecular complexity index is 373. The fraction of sp³-hybridized carbons (Fsp3) is 0.538. The highest BCUT2D eigenvalue weighted by atomic mass is 16.5. The Morgan fingerprint density at radius 3 is 2.89 bits per heavy atom. The van der Waals surface area contributed by atoms with Crippen LogP contribution in [0.25, 0.3) is 0 Å². The number of methoxy groups -OCH3 is 1. The first kappa shape index (κ1) is 14.4. The second kappa shape index (κ2) is 8.45. The van der Waals surface area contributed by atoms with Gasteiger partial charge in [-0.25, -0.2) is 0 Å². The summed E-state index contributed by atoms with van der Waals surface area (Å²) < 4.78 is 10.4. The first-order valence-electron chi connectivity index (χ1n) is 6.01. The molecule has 0 fully saturated rings. The van der Waals surface area contributed by atoms with Crippen molar-refractivity contribution in [3.8, 4) is 11.8 Å². The largest absolute Gasteiger partial charge is 0.474 e. The van der Waals surface area contributed by atoms with Crippen LogP contribution in [0.4, 0.5) is 0 Å². The third-order valence-electron chi connectivity index (χ3n) is 2.38. The van der Waals surface area contributed by atoms with Gasteiger partial charge in [0.2, 0.25) is 0 Å². The second-order valence-corrected chi connectivity index (χ2v) is 3.80. The number of rotatable bonds is 8. The van der Waals surface area contributed by atoms with E-state index in [1.54, 1.807) is 13.3 Å². The van der Waals surface area contributed by atoms with E-state index >= 15 is 0 Å². The molecule has 1 N–H and O–H groups in total. The molecule has 1 aromatic rings. The summed E-state index contributed by atoms with van der Waals surface area (Å²) in [5.41, 5.74) is 0.934. The number of hydrogen-bond acceptors (Lipinski definition) is 5. The minimum Gasteiger partial charge on any atom is -0.474 e. The SMILES string of the molecule is CCC(C#N)Oc1ccc(CNCCOC)nc1. The molecule has 1 heterocycles. The molecule has 0 aromatic carbocycles. The van der Waals surface area contributed by atoms with Crippen LogP contribution < -0.4 is 10.1 Å². The van der Waals surface area contributed by atoms with E-state index in [0.717, 1.165) is 12.2 Å². The Balaban J connectivity index is 2.40. The van der Waals surface area contributed by atoms with E-state index in [2.05, 4.69) is 16.4 Å². The van der Waals surface area contributed by atoms with Gasteiger partial charge in [-0.05, 0) is 18.6 Å². The van der Waals surface area contributed by atoms with Crippen LogP contribution in [-0.2, 0) is 11.3 Å². The average molecular weight is 249 g/mol. The molecule has 5 nitrogen and oxygen atoms in total. The summed E-state index contributed by atoms with van der Waals surface area (Å²) >= 11 is 0. The molecule has 0 spiro atoms. The van der Waals surface area contributed by atoms with Gasteiger partial charge in [-0.3, -0.25) is 4.98 Å². The van der Waals surface area contributed by atoms with Crippen LogP contribution >= 0.6 is 0 Å². The first-order chi connectivity index (χ1) is 8.80. The standard InChI is InChI=1S/C13H19N3O2/c1-3-12(8-14)18-13-5-4-11(16-10-13)9-15-6-7-17-2/h4-5,10,12,15H,3,6-7,9H2,1-2H3. The molecular weight excluding hydrogens is 230 g/mol. The number of pyridine rings is 1. The topological polar surface area (TPSA) is 67.2 Å². The average Bonchev–Trinajstić information content (AvgIpc) is 2.42. The van der Waals surface area contributed by atoms with Gasteiger partial charge in [0.1, 0.15) is 11.8 Å². The smallest absolute Gasteiger partial charge is 0.184 e. The van der Waals surface area contributed by atoms with Crippen LogP contribution in [0, 0.1) is 11.3 Å². The third-order valence-corrected chi connectivity index (χ3v) is 2.38. The molecule has 0 saturated carbocycles. The Labute approximate surface area is 108 Å². The van der Waals surface area contributed by atoms with Gasteiger partial charge in [0.05, 0.1) is 18.5 Å². The third kappa shape index (κ3) is 5.13. The van der Waals surface area contributed by atoms with Crippen molar-refractivity contribution < 1.29 is 9.47 Å². The van der Waals surface area contributed by atoms with Crippen molar-refractivity contribution in [2.75, 3.05) is 20.3 Å². The second-order valence-electron chi connectivity index (χ2n) is 3.80. The lowest BCUT2D eigenvalue weighted by molar-refractivity contribution is 0.199. The minimum absolute atomic E-state index is 0.405. The van der Waals surface area contributed by atoms with E-state index in [1.165, 1.54) is 0 Å². The highest BCUT2D eigenvalue weighted by Crippen LogP contribution is 2.12. The van der Waals surface area contributed by atoms with Crippen LogP contribution in [0.15, 0.2) is 18.3 Å². The molecule has 1 aromatic heterocycles. The van der Waals surface area contributed by atoms with Crippen molar-refractivity contribution >= 4 is 0 Å². The molecule has 98 valence electrons. The molecule has 1 atom stereocenters. The van der Waals surface area contributed by atoms with Crippen molar-refractivity contribution in [2.24, 2.45) is 0 Å². The highest BCUT2D eigenvalue weighted by molar-refractivity contribution is 5.20. The van der Waals surface area contributed by atoms with Gasteiger partial charge in [0.15, 0.2) is 6.10 Å². The normalized spacial score (nSPS) is 11.8. The van der Waals surface area contributed by atoms with Crippen LogP contribution in [0.1, 0.15) is 19.0 Å². The number of nitrogens with zero attached hydrogens (tertiary/aromatic N) is 2. The Kier molecular flexibility index (Phi) is 6.77. The number of nitrogens with one attached hydrogen (secondary N) is 1. The summed E-state index contributed by atoms with van der Waals surface area (Å²) in [6, 6.07) is 5.81. The van der Waals surface area contributed by atoms with Crippen LogP contribution in [0.5, 0.6) is 5.75 Å². The summed E-state index contributed by atoms with van der Waals surface area (Å²) in [6.07, 6.45) is 1.90. The Morgan fingerprint density at radius 2 is 2.33 bits per heavy atom. The molecule has 0 aliphatic rings. The van der Waals surface area contributed by atoms with Gasteiger partial charge < -0.3 is 14.8 Å². The van der Waals surface area contributed by atoms with Crippen LogP contribution in [0.2, 0.25) is 0 Å². The quantitative estimate of drug-likeness (QED) is 0.707. The van der Waals surface area contributed by atoms with Crippen LogP contribution in [-0.4, -0.2) is 31.3 Å². The van der Waals surface area contributed by atoms with Crippen molar-refractivity contribution in [1.29, 1.82) is 5.26 Å². The number of hydrogen-bond donors (Lipinski definition) is 1. The van der Waals surface area contributed by atoms with Gasteiger partial charge in [0, 0.05) is 20.2 Å². The molecule has 1 rings (SSSR count). The Morgan fingerprint density at radius 1 is 1.50 bits per heavy atom. The predicted molar refractivity (Wildman–Crippen MR) is 68.1 cm³/mol. The predicted octanol–water partition coefficient (Wildman–Crippen LogP) is 1.50. The van der Waals surface area contributed by atoms with Gasteiger partial charge >= 0.3 is 0 Å². The molecule has 0 radical (unpaired) electrons. The van der Waals surface area contributed by atoms with E-state index in [-0.39, 0.29) is 0 Å². The van der Waals surface area contributed by atoms with E-state index < -0.39 is 6.10 Å². The minimum atomic E-state index is -0.405. The maximum atomic E-state index is 8.79. The highest BCUT2D eigenvalue weighted by Gasteiger charge is 2.05. The summed E-state index contributed by atoms with van der Waals surface area (Å²) in [6.45, 7) is 4.08. The molecule has 0 aliphatic heterocycles. The maximum Gasteiger partial charge on any atom is 0.184 e. The lowest BCUT2D eigenvalue weighted by Crippen LogP contribution is -2.19. The molecule has 18 heavy (non-hydrogen) atoms. The molecule has 1 unspecified atom stereocenters. The fourth-order valence-corrected chi connectivity index (χ4v) is 1.34. The number of ether oxygens (including phenoxy) is 2. The van der Waals surface area contributed by atoms with Gasteiger partial charge in [-0.15, -0.1) is 0 Å². The zero-order chi connectivity index (χ0) is 13.2. The van der Waals surface area contributed by atoms with Crippen LogP contribution in [0.3, 0.4) is 0 Å². The van der Waals surface area contributed by atoms with Crippen molar-refractivity contribution in [3.63, 3.8) is 0 Å². The van der Waals surface area contributed by atoms with Gasteiger partial charge in [0.25, 0.3) is 0 Å². The van der Waals surface area contributed by atoms with Crippen molar-refractivity contribution in [2.45, 2.75) is 26.0 Å². The van der Waals surface area contributed by atoms with E-state index in [9.17, 15) is 0 Å². The van der Waals surface area contributed by atoms with Gasteiger partial charge in [-0.1, -0.05) is 6.92 Å². The molecule has 0 saturated heterocycles. The van der Waals surface area contributed by atoms with E-state index in [0.29, 0.717) is 25.3 Å². The Hall–Kier alpha value is -1.64. The summed E-state index contributed by atoms with van der Waals surface area (Å²) in [5, 5.41) is 12.0. The lowest BCUT2D eigenvalue weighted by Gasteiger charge is -2.10. The molecule has 0 amide bonds. The lowest BCUT2D eigenvalue weighted by atomic mass is 10.3. The van der Waals surface area contributed by atoms with E-state index in [4.69, 9.17) is 14.7 Å². The first-order valence-corrected chi connectivity index (χ1v) is 6.01. The van der Waals surface area contributed by atoms with Crippen molar-refractivity contribution in [3.05, 3.63) is 24.0 Å². The monoisotopic (exact) mass is 249 g/mol. The van der Waals surface area contributed by atoms with E-state index in [1.807, 2.05) is 19.1 Å². The fourth-order valence-electron chi connectivity index (χ4n) is 1.34. The zero-order valence-corrected chi connectivity index (χ0v) is 10.8. The summed E-state index contributed by atoms with van der Waals surface area (Å²) in [5.74, 6) is 0.629. The maximum absolute atomic E-state index is 8.79. The summed E-state index contributed by atoms with van der Waals surface area (Å²) in [4.78, 5) is 4.26. The molecular formula is C13H19N3O2. The van der Waals surface area contributed by atoms with Crippen molar-refractivity contribution in [1.82, 2.24) is 10.3 Å². The summed E-state index contributed by atoms with van der Waals surface area (Å²) in [7, 11) is 1.67. The van der Waals surface area contributed by atoms with Gasteiger partial charge in [-0.2, -0.15) is 5.26 Å². The molecule has 0 aliphatic carbocycles. The zero-order valence-electron chi connectivity index (χ0n) is 10.8. The molecule has 0 bridgehead atoms. The number of aromatic nitrogens is 1.